The zero-order chi connectivity index (χ0) is 20.9. The second-order valence-corrected chi connectivity index (χ2v) is 8.32. The number of aromatic nitrogens is 2. The van der Waals surface area contributed by atoms with Crippen LogP contribution in [0.25, 0.3) is 11.5 Å². The first kappa shape index (κ1) is 21.0. The van der Waals surface area contributed by atoms with Gasteiger partial charge in [-0.3, -0.25) is 14.6 Å². The van der Waals surface area contributed by atoms with Crippen molar-refractivity contribution >= 4 is 39.1 Å². The zero-order valence-electron chi connectivity index (χ0n) is 16.2. The molecule has 156 valence electrons. The molecule has 0 unspecified atom stereocenters. The van der Waals surface area contributed by atoms with Crippen molar-refractivity contribution in [3.05, 3.63) is 63.9 Å². The lowest BCUT2D eigenvalue weighted by molar-refractivity contribution is -0.117. The minimum Gasteiger partial charge on any atom is -0.419 e. The minimum atomic E-state index is -0.0634. The third kappa shape index (κ3) is 5.26. The lowest BCUT2D eigenvalue weighted by Crippen LogP contribution is -2.48. The average Bonchev–Trinajstić information content (AvgIpc) is 3.20. The van der Waals surface area contributed by atoms with Gasteiger partial charge in [-0.15, -0.1) is 10.2 Å². The molecule has 1 amide bonds. The summed E-state index contributed by atoms with van der Waals surface area (Å²) in [4.78, 5) is 16.7. The van der Waals surface area contributed by atoms with Crippen molar-refractivity contribution < 1.29 is 9.21 Å². The van der Waals surface area contributed by atoms with E-state index in [1.165, 1.54) is 0 Å². The zero-order valence-corrected chi connectivity index (χ0v) is 18.6. The number of carbonyl (C=O) groups excluding carboxylic acids is 1. The molecular formula is C21H21BrClN5O2. The lowest BCUT2D eigenvalue weighted by atomic mass is 10.2. The highest BCUT2D eigenvalue weighted by atomic mass is 79.9. The van der Waals surface area contributed by atoms with Crippen molar-refractivity contribution in [3.63, 3.8) is 0 Å². The van der Waals surface area contributed by atoms with E-state index >= 15 is 0 Å². The van der Waals surface area contributed by atoms with Gasteiger partial charge in [0.25, 0.3) is 0 Å². The third-order valence-corrected chi connectivity index (χ3v) is 5.93. The Morgan fingerprint density at radius 2 is 1.73 bits per heavy atom. The predicted octanol–water partition coefficient (Wildman–Crippen LogP) is 3.91. The number of halogens is 2. The van der Waals surface area contributed by atoms with Crippen molar-refractivity contribution in [2.45, 2.75) is 6.54 Å². The summed E-state index contributed by atoms with van der Waals surface area (Å²) in [6.45, 7) is 4.17. The molecule has 1 aliphatic heterocycles. The minimum absolute atomic E-state index is 0.0634. The number of anilines is 1. The standard InChI is InChI=1S/C21H21BrClN5O2/c22-16-6-2-1-5-15(16)21-26-25-20(30-21)14-28-11-9-27(10-12-28)13-19(29)24-18-8-4-3-7-17(18)23/h1-8H,9-14H2,(H,24,29). The topological polar surface area (TPSA) is 74.5 Å². The van der Waals surface area contributed by atoms with Gasteiger partial charge in [0.05, 0.1) is 29.4 Å². The lowest BCUT2D eigenvalue weighted by Gasteiger charge is -2.33. The van der Waals surface area contributed by atoms with Crippen LogP contribution in [0, 0.1) is 0 Å². The molecule has 2 aromatic carbocycles. The highest BCUT2D eigenvalue weighted by molar-refractivity contribution is 9.10. The van der Waals surface area contributed by atoms with Gasteiger partial charge in [0, 0.05) is 30.7 Å². The van der Waals surface area contributed by atoms with E-state index in [4.69, 9.17) is 16.0 Å². The van der Waals surface area contributed by atoms with Crippen molar-refractivity contribution in [3.8, 4) is 11.5 Å². The summed E-state index contributed by atoms with van der Waals surface area (Å²) in [5.74, 6) is 1.03. The van der Waals surface area contributed by atoms with E-state index in [2.05, 4.69) is 41.2 Å². The number of carbonyl (C=O) groups is 1. The largest absolute Gasteiger partial charge is 0.419 e. The molecule has 1 aliphatic rings. The first-order valence-corrected chi connectivity index (χ1v) is 10.8. The Kier molecular flexibility index (Phi) is 6.79. The van der Waals surface area contributed by atoms with E-state index in [1.54, 1.807) is 12.1 Å². The fraction of sp³-hybridized carbons (Fsp3) is 0.286. The van der Waals surface area contributed by atoms with Gasteiger partial charge in [-0.25, -0.2) is 0 Å². The van der Waals surface area contributed by atoms with Gasteiger partial charge in [0.1, 0.15) is 0 Å². The summed E-state index contributed by atoms with van der Waals surface area (Å²) >= 11 is 9.61. The molecule has 0 saturated carbocycles. The maximum atomic E-state index is 12.3. The van der Waals surface area contributed by atoms with Crippen LogP contribution in [-0.4, -0.2) is 58.6 Å². The van der Waals surface area contributed by atoms with E-state index in [9.17, 15) is 4.79 Å². The summed E-state index contributed by atoms with van der Waals surface area (Å²) in [5.41, 5.74) is 1.52. The number of nitrogens with one attached hydrogen (secondary N) is 1. The average molecular weight is 491 g/mol. The Hall–Kier alpha value is -2.26. The first-order chi connectivity index (χ1) is 14.6. The van der Waals surface area contributed by atoms with E-state index in [0.29, 0.717) is 35.6 Å². The van der Waals surface area contributed by atoms with Gasteiger partial charge < -0.3 is 9.73 Å². The monoisotopic (exact) mass is 489 g/mol. The maximum Gasteiger partial charge on any atom is 0.248 e. The molecule has 0 aliphatic carbocycles. The molecule has 2 heterocycles. The molecule has 1 N–H and O–H groups in total. The molecule has 3 aromatic rings. The van der Waals surface area contributed by atoms with E-state index in [0.717, 1.165) is 36.2 Å². The molecule has 7 nitrogen and oxygen atoms in total. The van der Waals surface area contributed by atoms with Gasteiger partial charge in [-0.05, 0) is 40.2 Å². The molecule has 0 spiro atoms. The van der Waals surface area contributed by atoms with Crippen molar-refractivity contribution in [2.75, 3.05) is 38.0 Å². The number of amides is 1. The molecule has 1 fully saturated rings. The molecule has 0 radical (unpaired) electrons. The van der Waals surface area contributed by atoms with Gasteiger partial charge in [-0.1, -0.05) is 35.9 Å². The molecule has 1 aromatic heterocycles. The van der Waals surface area contributed by atoms with Crippen molar-refractivity contribution in [2.24, 2.45) is 0 Å². The van der Waals surface area contributed by atoms with Crippen LogP contribution in [0.1, 0.15) is 5.89 Å². The van der Waals surface area contributed by atoms with Crippen LogP contribution in [0.5, 0.6) is 0 Å². The number of para-hydroxylation sites is 1. The smallest absolute Gasteiger partial charge is 0.248 e. The normalized spacial score (nSPS) is 15.3. The summed E-state index contributed by atoms with van der Waals surface area (Å²) in [5, 5.41) is 11.8. The number of rotatable bonds is 6. The van der Waals surface area contributed by atoms with Crippen LogP contribution in [0.4, 0.5) is 5.69 Å². The summed E-state index contributed by atoms with van der Waals surface area (Å²) in [6.07, 6.45) is 0. The number of piperazine rings is 1. The van der Waals surface area contributed by atoms with Gasteiger partial charge in [0.15, 0.2) is 0 Å². The van der Waals surface area contributed by atoms with Gasteiger partial charge in [0.2, 0.25) is 17.7 Å². The number of benzene rings is 2. The fourth-order valence-electron chi connectivity index (χ4n) is 3.31. The Labute approximate surface area is 188 Å². The SMILES string of the molecule is O=C(CN1CCN(Cc2nnc(-c3ccccc3Br)o2)CC1)Nc1ccccc1Cl. The Balaban J connectivity index is 1.26. The maximum absolute atomic E-state index is 12.3. The Bertz CT molecular complexity index is 1020. The van der Waals surface area contributed by atoms with E-state index < -0.39 is 0 Å². The molecule has 9 heteroatoms. The van der Waals surface area contributed by atoms with Crippen molar-refractivity contribution in [1.82, 2.24) is 20.0 Å². The van der Waals surface area contributed by atoms with Crippen LogP contribution >= 0.6 is 27.5 Å². The van der Waals surface area contributed by atoms with E-state index in [-0.39, 0.29) is 5.91 Å². The molecule has 1 saturated heterocycles. The van der Waals surface area contributed by atoms with Crippen LogP contribution in [0.2, 0.25) is 5.02 Å². The Morgan fingerprint density at radius 3 is 2.50 bits per heavy atom. The number of nitrogens with zero attached hydrogens (tertiary/aromatic N) is 4. The molecular weight excluding hydrogens is 470 g/mol. The fourth-order valence-corrected chi connectivity index (χ4v) is 3.95. The highest BCUT2D eigenvalue weighted by Crippen LogP contribution is 2.27. The van der Waals surface area contributed by atoms with Crippen LogP contribution < -0.4 is 5.32 Å². The highest BCUT2D eigenvalue weighted by Gasteiger charge is 2.21. The second-order valence-electron chi connectivity index (χ2n) is 7.06. The Morgan fingerprint density at radius 1 is 1.03 bits per heavy atom. The van der Waals surface area contributed by atoms with Gasteiger partial charge in [-0.2, -0.15) is 0 Å². The molecule has 0 bridgehead atoms. The number of hydrogen-bond donors (Lipinski definition) is 1. The summed E-state index contributed by atoms with van der Waals surface area (Å²) in [6, 6.07) is 15.0. The third-order valence-electron chi connectivity index (χ3n) is 4.91. The van der Waals surface area contributed by atoms with Crippen LogP contribution in [0.15, 0.2) is 57.4 Å². The van der Waals surface area contributed by atoms with Gasteiger partial charge >= 0.3 is 0 Å². The number of hydrogen-bond acceptors (Lipinski definition) is 6. The van der Waals surface area contributed by atoms with Crippen LogP contribution in [-0.2, 0) is 11.3 Å². The summed E-state index contributed by atoms with van der Waals surface area (Å²) < 4.78 is 6.76. The molecule has 4 rings (SSSR count). The summed E-state index contributed by atoms with van der Waals surface area (Å²) in [7, 11) is 0. The predicted molar refractivity (Wildman–Crippen MR) is 119 cm³/mol. The quantitative estimate of drug-likeness (QED) is 0.565. The molecule has 0 atom stereocenters. The van der Waals surface area contributed by atoms with Crippen LogP contribution in [0.3, 0.4) is 0 Å². The molecule has 30 heavy (non-hydrogen) atoms. The second kappa shape index (κ2) is 9.70. The van der Waals surface area contributed by atoms with Crippen molar-refractivity contribution in [1.29, 1.82) is 0 Å². The van der Waals surface area contributed by atoms with E-state index in [1.807, 2.05) is 36.4 Å². The first-order valence-electron chi connectivity index (χ1n) is 9.65.